The number of carbonyl (C=O) groups excluding carboxylic acids is 3. The largest absolute Gasteiger partial charge is 0.422 e. The molecule has 0 spiro atoms. The van der Waals surface area contributed by atoms with E-state index in [2.05, 4.69) is 15.8 Å². The molecule has 0 saturated heterocycles. The molecular formula is C27H20FN3O4. The lowest BCUT2D eigenvalue weighted by atomic mass is 10.0. The van der Waals surface area contributed by atoms with Crippen LogP contribution >= 0.6 is 0 Å². The van der Waals surface area contributed by atoms with Gasteiger partial charge in [-0.1, -0.05) is 48.0 Å². The Morgan fingerprint density at radius 2 is 1.66 bits per heavy atom. The van der Waals surface area contributed by atoms with Gasteiger partial charge in [0, 0.05) is 11.3 Å². The molecule has 0 fully saturated rings. The Labute approximate surface area is 200 Å². The first-order valence-electron chi connectivity index (χ1n) is 10.6. The van der Waals surface area contributed by atoms with E-state index < -0.39 is 23.6 Å². The fourth-order valence-corrected chi connectivity index (χ4v) is 3.36. The van der Waals surface area contributed by atoms with Crippen LogP contribution in [0.4, 0.5) is 10.1 Å². The molecule has 0 radical (unpaired) electrons. The second kappa shape index (κ2) is 10.4. The maximum absolute atomic E-state index is 13.0. The minimum absolute atomic E-state index is 0.240. The number of fused-ring (bicyclic) bond motifs is 1. The summed E-state index contributed by atoms with van der Waals surface area (Å²) in [6, 6.07) is 22.8. The molecule has 7 nitrogen and oxygen atoms in total. The quantitative estimate of drug-likeness (QED) is 0.147. The number of anilines is 1. The van der Waals surface area contributed by atoms with Gasteiger partial charge in [0.05, 0.1) is 11.8 Å². The number of halogens is 1. The van der Waals surface area contributed by atoms with Crippen molar-refractivity contribution >= 4 is 40.5 Å². The van der Waals surface area contributed by atoms with Crippen LogP contribution in [0.1, 0.15) is 21.5 Å². The number of rotatable bonds is 5. The van der Waals surface area contributed by atoms with Crippen LogP contribution in [0.3, 0.4) is 0 Å². The van der Waals surface area contributed by atoms with Gasteiger partial charge in [-0.05, 0) is 60.2 Å². The summed E-state index contributed by atoms with van der Waals surface area (Å²) < 4.78 is 18.6. The Kier molecular flexibility index (Phi) is 6.92. The van der Waals surface area contributed by atoms with Crippen LogP contribution < -0.4 is 15.5 Å². The summed E-state index contributed by atoms with van der Waals surface area (Å²) in [5, 5.41) is 7.83. The zero-order valence-electron chi connectivity index (χ0n) is 18.6. The molecule has 4 aromatic carbocycles. The number of aryl methyl sites for hydroxylation is 1. The molecule has 0 atom stereocenters. The highest BCUT2D eigenvalue weighted by molar-refractivity contribution is 6.39. The first-order chi connectivity index (χ1) is 16.9. The zero-order valence-corrected chi connectivity index (χ0v) is 18.6. The van der Waals surface area contributed by atoms with Crippen molar-refractivity contribution in [3.63, 3.8) is 0 Å². The zero-order chi connectivity index (χ0) is 24.8. The summed E-state index contributed by atoms with van der Waals surface area (Å²) in [5.74, 6) is -2.77. The number of carbonyl (C=O) groups is 3. The van der Waals surface area contributed by atoms with Crippen molar-refractivity contribution in [2.24, 2.45) is 5.10 Å². The van der Waals surface area contributed by atoms with Crippen LogP contribution in [0, 0.1) is 12.7 Å². The smallest absolute Gasteiger partial charge is 0.343 e. The van der Waals surface area contributed by atoms with Crippen LogP contribution in [0.25, 0.3) is 10.8 Å². The molecule has 0 aromatic heterocycles. The first-order valence-corrected chi connectivity index (χ1v) is 10.6. The Morgan fingerprint density at radius 1 is 0.886 bits per heavy atom. The number of hydrogen-bond donors (Lipinski definition) is 2. The number of benzene rings is 4. The molecule has 0 bridgehead atoms. The predicted octanol–water partition coefficient (Wildman–Crippen LogP) is 4.60. The normalized spacial score (nSPS) is 10.8. The van der Waals surface area contributed by atoms with E-state index in [9.17, 15) is 18.8 Å². The van der Waals surface area contributed by atoms with Crippen molar-refractivity contribution in [1.82, 2.24) is 5.43 Å². The third-order valence-corrected chi connectivity index (χ3v) is 5.06. The van der Waals surface area contributed by atoms with E-state index >= 15 is 0 Å². The van der Waals surface area contributed by atoms with Crippen molar-refractivity contribution in [3.05, 3.63) is 107 Å². The van der Waals surface area contributed by atoms with Gasteiger partial charge in [-0.25, -0.2) is 14.6 Å². The minimum Gasteiger partial charge on any atom is -0.422 e. The molecule has 0 heterocycles. The molecule has 0 aliphatic carbocycles. The molecule has 0 aliphatic heterocycles. The lowest BCUT2D eigenvalue weighted by Gasteiger charge is -2.11. The van der Waals surface area contributed by atoms with Gasteiger partial charge in [-0.2, -0.15) is 5.10 Å². The monoisotopic (exact) mass is 469 g/mol. The predicted molar refractivity (Wildman–Crippen MR) is 131 cm³/mol. The molecule has 174 valence electrons. The molecule has 4 rings (SSSR count). The third kappa shape index (κ3) is 5.75. The highest BCUT2D eigenvalue weighted by Gasteiger charge is 2.15. The van der Waals surface area contributed by atoms with Gasteiger partial charge in [0.15, 0.2) is 0 Å². The molecule has 4 aromatic rings. The maximum Gasteiger partial charge on any atom is 0.343 e. The van der Waals surface area contributed by atoms with E-state index in [-0.39, 0.29) is 11.4 Å². The van der Waals surface area contributed by atoms with Crippen LogP contribution in [0.15, 0.2) is 90.0 Å². The van der Waals surface area contributed by atoms with Gasteiger partial charge < -0.3 is 10.1 Å². The van der Waals surface area contributed by atoms with E-state index in [1.54, 1.807) is 30.3 Å². The maximum atomic E-state index is 13.0. The number of nitrogens with zero attached hydrogens (tertiary/aromatic N) is 1. The molecule has 8 heteroatoms. The van der Waals surface area contributed by atoms with E-state index in [0.717, 1.165) is 28.5 Å². The van der Waals surface area contributed by atoms with E-state index in [0.29, 0.717) is 11.1 Å². The van der Waals surface area contributed by atoms with Crippen LogP contribution in [-0.2, 0) is 9.59 Å². The number of nitrogens with one attached hydrogen (secondary N) is 2. The van der Waals surface area contributed by atoms with Gasteiger partial charge in [0.25, 0.3) is 0 Å². The van der Waals surface area contributed by atoms with Gasteiger partial charge in [-0.15, -0.1) is 0 Å². The second-order valence-electron chi connectivity index (χ2n) is 7.62. The Morgan fingerprint density at radius 3 is 2.43 bits per heavy atom. The van der Waals surface area contributed by atoms with Gasteiger partial charge in [0.1, 0.15) is 11.6 Å². The van der Waals surface area contributed by atoms with Crippen molar-refractivity contribution < 1.29 is 23.5 Å². The number of amides is 2. The standard InChI is InChI=1S/C27H20FN3O4/c1-17-5-4-7-19(15-17)27(34)35-24-14-9-18-6-2-3-8-22(18)23(24)16-29-31-26(33)25(32)30-21-12-10-20(28)11-13-21/h2-16H,1H3,(H,30,32)(H,31,33). The third-order valence-electron chi connectivity index (χ3n) is 5.06. The van der Waals surface area contributed by atoms with Crippen molar-refractivity contribution in [1.29, 1.82) is 0 Å². The summed E-state index contributed by atoms with van der Waals surface area (Å²) >= 11 is 0. The van der Waals surface area contributed by atoms with Crippen LogP contribution in [0.5, 0.6) is 5.75 Å². The SMILES string of the molecule is Cc1cccc(C(=O)Oc2ccc3ccccc3c2C=NNC(=O)C(=O)Nc2ccc(F)cc2)c1. The summed E-state index contributed by atoms with van der Waals surface area (Å²) in [6.07, 6.45) is 1.31. The first kappa shape index (κ1) is 23.3. The van der Waals surface area contributed by atoms with Crippen molar-refractivity contribution in [2.45, 2.75) is 6.92 Å². The molecule has 0 unspecified atom stereocenters. The summed E-state index contributed by atoms with van der Waals surface area (Å²) in [6.45, 7) is 1.87. The average molecular weight is 469 g/mol. The number of ether oxygens (including phenoxy) is 1. The van der Waals surface area contributed by atoms with Gasteiger partial charge in [0.2, 0.25) is 0 Å². The lowest BCUT2D eigenvalue weighted by Crippen LogP contribution is -2.32. The molecule has 0 aliphatic rings. The minimum atomic E-state index is -1.02. The average Bonchev–Trinajstić information content (AvgIpc) is 2.86. The molecular weight excluding hydrogens is 449 g/mol. The van der Waals surface area contributed by atoms with Gasteiger partial charge in [-0.3, -0.25) is 9.59 Å². The van der Waals surface area contributed by atoms with E-state index in [4.69, 9.17) is 4.74 Å². The number of hydrogen-bond acceptors (Lipinski definition) is 5. The topological polar surface area (TPSA) is 96.9 Å². The summed E-state index contributed by atoms with van der Waals surface area (Å²) in [5.41, 5.74) is 4.17. The Bertz CT molecular complexity index is 1450. The van der Waals surface area contributed by atoms with Crippen LogP contribution in [0.2, 0.25) is 0 Å². The molecule has 0 saturated carbocycles. The molecule has 2 amide bonds. The van der Waals surface area contributed by atoms with E-state index in [1.807, 2.05) is 37.3 Å². The fourth-order valence-electron chi connectivity index (χ4n) is 3.36. The number of hydrazone groups is 1. The highest BCUT2D eigenvalue weighted by atomic mass is 19.1. The summed E-state index contributed by atoms with van der Waals surface area (Å²) in [7, 11) is 0. The van der Waals surface area contributed by atoms with Crippen molar-refractivity contribution in [2.75, 3.05) is 5.32 Å². The summed E-state index contributed by atoms with van der Waals surface area (Å²) in [4.78, 5) is 36.9. The number of esters is 1. The Balaban J connectivity index is 1.54. The van der Waals surface area contributed by atoms with E-state index in [1.165, 1.54) is 18.3 Å². The van der Waals surface area contributed by atoms with Gasteiger partial charge >= 0.3 is 17.8 Å². The fraction of sp³-hybridized carbons (Fsp3) is 0.0370. The Hall–Kier alpha value is -4.85. The molecule has 2 N–H and O–H groups in total. The van der Waals surface area contributed by atoms with Crippen LogP contribution in [-0.4, -0.2) is 24.0 Å². The molecule has 35 heavy (non-hydrogen) atoms. The second-order valence-corrected chi connectivity index (χ2v) is 7.62. The lowest BCUT2D eigenvalue weighted by molar-refractivity contribution is -0.136. The van der Waals surface area contributed by atoms with Crippen molar-refractivity contribution in [3.8, 4) is 5.75 Å². The highest BCUT2D eigenvalue weighted by Crippen LogP contribution is 2.27.